The third kappa shape index (κ3) is 4.18. The molecule has 0 unspecified atom stereocenters. The topological polar surface area (TPSA) is 84.2 Å². The Morgan fingerprint density at radius 1 is 1.11 bits per heavy atom. The molecule has 0 fully saturated rings. The molecule has 3 rings (SSSR count). The van der Waals surface area contributed by atoms with Crippen LogP contribution in [0.15, 0.2) is 18.2 Å². The Kier molecular flexibility index (Phi) is 5.30. The molecule has 2 N–H and O–H groups in total. The van der Waals surface area contributed by atoms with Crippen LogP contribution in [0.2, 0.25) is 0 Å². The summed E-state index contributed by atoms with van der Waals surface area (Å²) in [5, 5.41) is 14.9. The molecule has 0 radical (unpaired) electrons. The van der Waals surface area contributed by atoms with Gasteiger partial charge in [-0.2, -0.15) is 0 Å². The van der Waals surface area contributed by atoms with E-state index >= 15 is 0 Å². The maximum atomic E-state index is 11.9. The quantitative estimate of drug-likeness (QED) is 0.653. The predicted molar refractivity (Wildman–Crippen MR) is 108 cm³/mol. The number of anilines is 1. The number of nitrogens with one attached hydrogen (secondary N) is 2. The fourth-order valence-corrected chi connectivity index (χ4v) is 2.92. The van der Waals surface area contributed by atoms with E-state index in [1.807, 2.05) is 38.2 Å². The predicted octanol–water partition coefficient (Wildman–Crippen LogP) is 3.25. The van der Waals surface area contributed by atoms with Crippen molar-refractivity contribution in [2.24, 2.45) is 5.41 Å². The maximum absolute atomic E-state index is 11.9. The summed E-state index contributed by atoms with van der Waals surface area (Å²) in [5.74, 6) is 1.67. The molecule has 27 heavy (non-hydrogen) atoms. The molecule has 1 amide bonds. The number of carbonyl (C=O) groups excluding carboxylic acids is 1. The number of nitrogens with zero attached hydrogens (tertiary/aromatic N) is 4. The van der Waals surface area contributed by atoms with E-state index in [0.717, 1.165) is 47.7 Å². The smallest absolute Gasteiger partial charge is 0.225 e. The fourth-order valence-electron chi connectivity index (χ4n) is 2.92. The first-order valence-corrected chi connectivity index (χ1v) is 9.41. The Labute approximate surface area is 159 Å². The highest BCUT2D eigenvalue weighted by atomic mass is 16.2. The molecule has 0 aliphatic carbocycles. The Bertz CT molecular complexity index is 970. The number of fused-ring (bicyclic) bond motifs is 3. The van der Waals surface area contributed by atoms with Gasteiger partial charge in [-0.15, -0.1) is 10.2 Å². The van der Waals surface area contributed by atoms with Gasteiger partial charge >= 0.3 is 0 Å². The van der Waals surface area contributed by atoms with Crippen LogP contribution in [0.1, 0.15) is 45.0 Å². The van der Waals surface area contributed by atoms with Gasteiger partial charge in [0, 0.05) is 18.5 Å². The van der Waals surface area contributed by atoms with E-state index in [0.29, 0.717) is 6.54 Å². The maximum Gasteiger partial charge on any atom is 0.225 e. The number of hydrogen-bond acceptors (Lipinski definition) is 5. The molecule has 7 heteroatoms. The molecular weight excluding hydrogens is 340 g/mol. The minimum atomic E-state index is -0.344. The van der Waals surface area contributed by atoms with Gasteiger partial charge in [0.05, 0.1) is 11.0 Å². The summed E-state index contributed by atoms with van der Waals surface area (Å²) in [6, 6.07) is 6.19. The van der Waals surface area contributed by atoms with Gasteiger partial charge in [-0.25, -0.2) is 4.98 Å². The molecule has 2 aromatic heterocycles. The second-order valence-corrected chi connectivity index (χ2v) is 8.00. The zero-order chi connectivity index (χ0) is 19.6. The van der Waals surface area contributed by atoms with Crippen LogP contribution in [0.25, 0.3) is 16.7 Å². The molecule has 1 aromatic carbocycles. The number of aryl methyl sites for hydroxylation is 2. The third-order valence-electron chi connectivity index (χ3n) is 4.50. The Morgan fingerprint density at radius 3 is 2.59 bits per heavy atom. The van der Waals surface area contributed by atoms with E-state index in [-0.39, 0.29) is 11.3 Å². The normalized spacial score (nSPS) is 11.9. The van der Waals surface area contributed by atoms with E-state index in [1.165, 1.54) is 5.56 Å². The van der Waals surface area contributed by atoms with Gasteiger partial charge in [-0.05, 0) is 44.4 Å². The molecule has 7 nitrogen and oxygen atoms in total. The van der Waals surface area contributed by atoms with Crippen LogP contribution < -0.4 is 10.6 Å². The third-order valence-corrected chi connectivity index (χ3v) is 4.50. The van der Waals surface area contributed by atoms with Crippen LogP contribution in [-0.2, 0) is 4.79 Å². The molecule has 3 aromatic rings. The number of rotatable bonds is 6. The minimum absolute atomic E-state index is 0.0857. The van der Waals surface area contributed by atoms with Crippen LogP contribution >= 0.6 is 0 Å². The summed E-state index contributed by atoms with van der Waals surface area (Å²) in [5.41, 5.74) is 3.50. The molecule has 0 spiro atoms. The van der Waals surface area contributed by atoms with Gasteiger partial charge < -0.3 is 10.6 Å². The number of hydrogen-bond donors (Lipinski definition) is 2. The van der Waals surface area contributed by atoms with Crippen molar-refractivity contribution in [3.05, 3.63) is 29.6 Å². The fraction of sp³-hybridized carbons (Fsp3) is 0.500. The lowest BCUT2D eigenvalue weighted by molar-refractivity contribution is -0.128. The Balaban J connectivity index is 1.65. The highest BCUT2D eigenvalue weighted by Crippen LogP contribution is 2.22. The number of benzene rings is 1. The SMILES string of the molecule is Cc1ccc2nc(NCCCCNC(=O)C(C)(C)C)c3nnc(C)n3c2c1. The molecule has 0 atom stereocenters. The largest absolute Gasteiger partial charge is 0.367 e. The zero-order valence-corrected chi connectivity index (χ0v) is 16.8. The molecule has 0 saturated heterocycles. The van der Waals surface area contributed by atoms with Crippen LogP contribution in [0, 0.1) is 19.3 Å². The Morgan fingerprint density at radius 2 is 1.85 bits per heavy atom. The first kappa shape index (κ1) is 19.1. The van der Waals surface area contributed by atoms with Crippen LogP contribution in [-0.4, -0.2) is 38.6 Å². The van der Waals surface area contributed by atoms with Crippen molar-refractivity contribution in [3.8, 4) is 0 Å². The van der Waals surface area contributed by atoms with Crippen molar-refractivity contribution in [2.75, 3.05) is 18.4 Å². The van der Waals surface area contributed by atoms with Crippen LogP contribution in [0.4, 0.5) is 5.82 Å². The second kappa shape index (κ2) is 7.50. The monoisotopic (exact) mass is 368 g/mol. The van der Waals surface area contributed by atoms with Crippen molar-refractivity contribution in [1.82, 2.24) is 24.9 Å². The van der Waals surface area contributed by atoms with E-state index in [4.69, 9.17) is 4.98 Å². The summed E-state index contributed by atoms with van der Waals surface area (Å²) in [6.45, 7) is 11.2. The van der Waals surface area contributed by atoms with Crippen LogP contribution in [0.3, 0.4) is 0 Å². The summed E-state index contributed by atoms with van der Waals surface area (Å²) >= 11 is 0. The van der Waals surface area contributed by atoms with Crippen molar-refractivity contribution in [1.29, 1.82) is 0 Å². The van der Waals surface area contributed by atoms with Crippen LogP contribution in [0.5, 0.6) is 0 Å². The van der Waals surface area contributed by atoms with Crippen molar-refractivity contribution in [3.63, 3.8) is 0 Å². The number of carbonyl (C=O) groups is 1. The highest BCUT2D eigenvalue weighted by Gasteiger charge is 2.20. The van der Waals surface area contributed by atoms with Crippen molar-refractivity contribution in [2.45, 2.75) is 47.5 Å². The van der Waals surface area contributed by atoms with Gasteiger partial charge in [-0.1, -0.05) is 26.8 Å². The first-order chi connectivity index (χ1) is 12.8. The lowest BCUT2D eigenvalue weighted by Crippen LogP contribution is -2.35. The van der Waals surface area contributed by atoms with Crippen molar-refractivity contribution < 1.29 is 4.79 Å². The number of amides is 1. The summed E-state index contributed by atoms with van der Waals surface area (Å²) in [7, 11) is 0. The standard InChI is InChI=1S/C20H28N6O/c1-13-8-9-15-16(12-13)26-14(2)24-25-18(26)17(23-15)21-10-6-7-11-22-19(27)20(3,4)5/h8-9,12H,6-7,10-11H2,1-5H3,(H,21,23)(H,22,27). The van der Waals surface area contributed by atoms with Gasteiger partial charge in [0.1, 0.15) is 5.82 Å². The molecule has 0 aliphatic rings. The lowest BCUT2D eigenvalue weighted by atomic mass is 9.96. The summed E-state index contributed by atoms with van der Waals surface area (Å²) in [6.07, 6.45) is 1.83. The molecule has 2 heterocycles. The molecule has 0 saturated carbocycles. The molecule has 0 aliphatic heterocycles. The van der Waals surface area contributed by atoms with Crippen molar-refractivity contribution >= 4 is 28.4 Å². The second-order valence-electron chi connectivity index (χ2n) is 8.00. The molecule has 144 valence electrons. The van der Waals surface area contributed by atoms with Gasteiger partial charge in [0.15, 0.2) is 5.82 Å². The minimum Gasteiger partial charge on any atom is -0.367 e. The summed E-state index contributed by atoms with van der Waals surface area (Å²) in [4.78, 5) is 16.6. The van der Waals surface area contributed by atoms with E-state index in [1.54, 1.807) is 0 Å². The first-order valence-electron chi connectivity index (χ1n) is 9.41. The average molecular weight is 368 g/mol. The van der Waals surface area contributed by atoms with E-state index in [2.05, 4.69) is 39.9 Å². The average Bonchev–Trinajstić information content (AvgIpc) is 2.99. The van der Waals surface area contributed by atoms with E-state index in [9.17, 15) is 4.79 Å². The number of unbranched alkanes of at least 4 members (excludes halogenated alkanes) is 1. The lowest BCUT2D eigenvalue weighted by Gasteiger charge is -2.17. The van der Waals surface area contributed by atoms with Gasteiger partial charge in [-0.3, -0.25) is 9.20 Å². The summed E-state index contributed by atoms with van der Waals surface area (Å²) < 4.78 is 2.04. The zero-order valence-electron chi connectivity index (χ0n) is 16.8. The number of aromatic nitrogens is 4. The molecule has 0 bridgehead atoms. The molecular formula is C20H28N6O. The van der Waals surface area contributed by atoms with Gasteiger partial charge in [0.25, 0.3) is 0 Å². The highest BCUT2D eigenvalue weighted by molar-refractivity contribution is 5.83. The van der Waals surface area contributed by atoms with Gasteiger partial charge in [0.2, 0.25) is 11.6 Å². The Hall–Kier alpha value is -2.70. The van der Waals surface area contributed by atoms with E-state index < -0.39 is 0 Å².